The fourth-order valence-corrected chi connectivity index (χ4v) is 5.52. The number of benzene rings is 1. The van der Waals surface area contributed by atoms with Crippen molar-refractivity contribution in [3.8, 4) is 5.75 Å². The second-order valence-corrected chi connectivity index (χ2v) is 8.04. The van der Waals surface area contributed by atoms with Crippen molar-refractivity contribution in [1.82, 2.24) is 19.8 Å². The van der Waals surface area contributed by atoms with Gasteiger partial charge in [0.25, 0.3) is 0 Å². The summed E-state index contributed by atoms with van der Waals surface area (Å²) in [5, 5.41) is 0. The van der Waals surface area contributed by atoms with Crippen LogP contribution in [0.5, 0.6) is 5.75 Å². The van der Waals surface area contributed by atoms with E-state index in [2.05, 4.69) is 38.0 Å². The molecule has 0 unspecified atom stereocenters. The predicted octanol–water partition coefficient (Wildman–Crippen LogP) is 2.05. The number of imidazole rings is 1. The van der Waals surface area contributed by atoms with Crippen molar-refractivity contribution in [2.75, 3.05) is 26.7 Å². The van der Waals surface area contributed by atoms with Gasteiger partial charge in [-0.2, -0.15) is 0 Å². The molecule has 0 spiro atoms. The third kappa shape index (κ3) is 2.83. The zero-order chi connectivity index (χ0) is 18.4. The summed E-state index contributed by atoms with van der Waals surface area (Å²) in [5.74, 6) is 2.08. The summed E-state index contributed by atoms with van der Waals surface area (Å²) in [6.07, 6.45) is 6.21. The minimum atomic E-state index is 0.216. The van der Waals surface area contributed by atoms with E-state index in [4.69, 9.17) is 4.74 Å². The van der Waals surface area contributed by atoms with Crippen LogP contribution in [0.1, 0.15) is 30.0 Å². The Morgan fingerprint density at radius 1 is 1.30 bits per heavy atom. The van der Waals surface area contributed by atoms with Gasteiger partial charge < -0.3 is 14.6 Å². The summed E-state index contributed by atoms with van der Waals surface area (Å²) in [6, 6.07) is 9.15. The maximum atomic E-state index is 13.2. The lowest BCUT2D eigenvalue weighted by Gasteiger charge is -2.51. The van der Waals surface area contributed by atoms with Gasteiger partial charge in [-0.25, -0.2) is 4.98 Å². The van der Waals surface area contributed by atoms with Crippen LogP contribution in [0.3, 0.4) is 0 Å². The number of aromatic nitrogens is 2. The lowest BCUT2D eigenvalue weighted by molar-refractivity contribution is -0.135. The Kier molecular flexibility index (Phi) is 4.16. The van der Waals surface area contributed by atoms with E-state index < -0.39 is 0 Å². The van der Waals surface area contributed by atoms with Gasteiger partial charge in [0.1, 0.15) is 5.75 Å². The molecule has 4 aliphatic heterocycles. The normalized spacial score (nSPS) is 31.7. The second-order valence-electron chi connectivity index (χ2n) is 8.04. The number of carbonyl (C=O) groups excluding carboxylic acids is 1. The number of likely N-dealkylation sites (tertiary alicyclic amines) is 1. The molecule has 4 aliphatic rings. The van der Waals surface area contributed by atoms with Gasteiger partial charge in [0, 0.05) is 30.4 Å². The van der Waals surface area contributed by atoms with E-state index in [-0.39, 0.29) is 5.91 Å². The molecule has 2 bridgehead atoms. The summed E-state index contributed by atoms with van der Waals surface area (Å²) < 4.78 is 5.45. The molecule has 0 aliphatic carbocycles. The van der Waals surface area contributed by atoms with E-state index in [0.717, 1.165) is 31.1 Å². The molecule has 0 radical (unpaired) electrons. The van der Waals surface area contributed by atoms with E-state index in [9.17, 15) is 4.79 Å². The Hall–Kier alpha value is -2.34. The van der Waals surface area contributed by atoms with Gasteiger partial charge in [0.15, 0.2) is 0 Å². The molecule has 6 nitrogen and oxygen atoms in total. The van der Waals surface area contributed by atoms with E-state index in [1.165, 1.54) is 18.4 Å². The smallest absolute Gasteiger partial charge is 0.228 e. The summed E-state index contributed by atoms with van der Waals surface area (Å²) in [6.45, 7) is 3.12. The standard InChI is InChI=1S/C21H26N4O2/c1-27-17-4-2-3-15(9-17)18-12-25(19(26)10-16-11-22-13-23-16)20-14-5-7-24(8-6-14)21(18)20/h2-4,9,11,13-14,18,20-21H,5-8,10,12H2,1H3,(H,22,23)/t18-,20-,21-/m0/s1. The number of methoxy groups -OCH3 is 1. The number of amides is 1. The van der Waals surface area contributed by atoms with Crippen molar-refractivity contribution in [2.45, 2.75) is 37.3 Å². The monoisotopic (exact) mass is 366 g/mol. The zero-order valence-electron chi connectivity index (χ0n) is 15.7. The largest absolute Gasteiger partial charge is 0.497 e. The number of carbonyl (C=O) groups is 1. The average Bonchev–Trinajstić information content (AvgIpc) is 3.37. The molecule has 1 N–H and O–H groups in total. The summed E-state index contributed by atoms with van der Waals surface area (Å²) in [7, 11) is 1.71. The van der Waals surface area contributed by atoms with Gasteiger partial charge in [-0.1, -0.05) is 12.1 Å². The minimum Gasteiger partial charge on any atom is -0.497 e. The molecule has 142 valence electrons. The Bertz CT molecular complexity index is 813. The van der Waals surface area contributed by atoms with Crippen molar-refractivity contribution in [3.05, 3.63) is 48.0 Å². The van der Waals surface area contributed by atoms with Crippen molar-refractivity contribution >= 4 is 5.91 Å². The van der Waals surface area contributed by atoms with Crippen LogP contribution in [0.4, 0.5) is 0 Å². The average molecular weight is 366 g/mol. The molecular weight excluding hydrogens is 340 g/mol. The summed E-state index contributed by atoms with van der Waals surface area (Å²) in [5.41, 5.74) is 2.18. The van der Waals surface area contributed by atoms with Crippen molar-refractivity contribution < 1.29 is 9.53 Å². The molecule has 1 aromatic carbocycles. The van der Waals surface area contributed by atoms with E-state index in [1.807, 2.05) is 6.07 Å². The number of fused-ring (bicyclic) bond motifs is 2. The maximum Gasteiger partial charge on any atom is 0.228 e. The fourth-order valence-electron chi connectivity index (χ4n) is 5.52. The zero-order valence-corrected chi connectivity index (χ0v) is 15.7. The topological polar surface area (TPSA) is 61.5 Å². The molecule has 6 heteroatoms. The number of rotatable bonds is 4. The third-order valence-electron chi connectivity index (χ3n) is 6.73. The first-order valence-electron chi connectivity index (χ1n) is 9.89. The molecule has 1 amide bonds. The quantitative estimate of drug-likeness (QED) is 0.900. The lowest BCUT2D eigenvalue weighted by atomic mass is 9.75. The van der Waals surface area contributed by atoms with Crippen LogP contribution in [0.25, 0.3) is 0 Å². The van der Waals surface area contributed by atoms with E-state index in [1.54, 1.807) is 19.6 Å². The molecule has 2 aromatic rings. The van der Waals surface area contributed by atoms with Gasteiger partial charge in [0.2, 0.25) is 5.91 Å². The highest BCUT2D eigenvalue weighted by Gasteiger charge is 2.54. The van der Waals surface area contributed by atoms with Crippen LogP contribution in [-0.4, -0.2) is 64.5 Å². The number of hydrogen-bond donors (Lipinski definition) is 1. The highest BCUT2D eigenvalue weighted by molar-refractivity contribution is 5.79. The van der Waals surface area contributed by atoms with Crippen LogP contribution in [0.15, 0.2) is 36.8 Å². The molecular formula is C21H26N4O2. The van der Waals surface area contributed by atoms with Crippen molar-refractivity contribution in [2.24, 2.45) is 5.92 Å². The summed E-state index contributed by atoms with van der Waals surface area (Å²) >= 11 is 0. The number of ether oxygens (including phenoxy) is 1. The van der Waals surface area contributed by atoms with Crippen LogP contribution >= 0.6 is 0 Å². The minimum absolute atomic E-state index is 0.216. The fraction of sp³-hybridized carbons (Fsp3) is 0.524. The number of piperidine rings is 3. The molecule has 4 saturated heterocycles. The van der Waals surface area contributed by atoms with Gasteiger partial charge >= 0.3 is 0 Å². The van der Waals surface area contributed by atoms with E-state index in [0.29, 0.717) is 30.3 Å². The van der Waals surface area contributed by atoms with Crippen LogP contribution in [0, 0.1) is 5.92 Å². The SMILES string of the molecule is COc1cccc([C@@H]2CN(C(=O)Cc3cnc[nH]3)[C@H]3C4CCN(CC4)[C@@H]23)c1. The Morgan fingerprint density at radius 2 is 2.15 bits per heavy atom. The van der Waals surface area contributed by atoms with Gasteiger partial charge in [0.05, 0.1) is 25.9 Å². The molecule has 3 atom stereocenters. The molecule has 4 fully saturated rings. The van der Waals surface area contributed by atoms with Crippen LogP contribution in [0.2, 0.25) is 0 Å². The molecule has 27 heavy (non-hydrogen) atoms. The van der Waals surface area contributed by atoms with Gasteiger partial charge in [-0.3, -0.25) is 9.69 Å². The van der Waals surface area contributed by atoms with Crippen LogP contribution in [-0.2, 0) is 11.2 Å². The highest BCUT2D eigenvalue weighted by atomic mass is 16.5. The van der Waals surface area contributed by atoms with Gasteiger partial charge in [-0.15, -0.1) is 0 Å². The molecule has 1 aromatic heterocycles. The second kappa shape index (κ2) is 6.68. The Morgan fingerprint density at radius 3 is 2.89 bits per heavy atom. The van der Waals surface area contributed by atoms with Crippen molar-refractivity contribution in [3.63, 3.8) is 0 Å². The number of nitrogens with one attached hydrogen (secondary N) is 1. The number of aromatic amines is 1. The lowest BCUT2D eigenvalue weighted by Crippen LogP contribution is -2.60. The first kappa shape index (κ1) is 16.8. The third-order valence-corrected chi connectivity index (χ3v) is 6.73. The molecule has 5 heterocycles. The number of hydrogen-bond acceptors (Lipinski definition) is 4. The summed E-state index contributed by atoms with van der Waals surface area (Å²) in [4.78, 5) is 25.1. The number of nitrogens with zero attached hydrogens (tertiary/aromatic N) is 3. The van der Waals surface area contributed by atoms with Gasteiger partial charge in [-0.05, 0) is 49.5 Å². The number of H-pyrrole nitrogens is 1. The first-order valence-corrected chi connectivity index (χ1v) is 9.89. The van der Waals surface area contributed by atoms with Crippen LogP contribution < -0.4 is 4.74 Å². The highest BCUT2D eigenvalue weighted by Crippen LogP contribution is 2.47. The molecule has 0 saturated carbocycles. The van der Waals surface area contributed by atoms with Crippen molar-refractivity contribution in [1.29, 1.82) is 0 Å². The first-order chi connectivity index (χ1) is 13.2. The Labute approximate surface area is 159 Å². The predicted molar refractivity (Wildman–Crippen MR) is 102 cm³/mol. The molecule has 6 rings (SSSR count). The Balaban J connectivity index is 1.47. The maximum absolute atomic E-state index is 13.2. The van der Waals surface area contributed by atoms with E-state index >= 15 is 0 Å².